The fourth-order valence-electron chi connectivity index (χ4n) is 10.3. The lowest BCUT2D eigenvalue weighted by molar-refractivity contribution is -0.133. The number of nitrogens with zero attached hydrogens (tertiary/aromatic N) is 5. The van der Waals surface area contributed by atoms with Gasteiger partial charge in [-0.3, -0.25) is 19.4 Å². The van der Waals surface area contributed by atoms with E-state index in [1.807, 2.05) is 72.9 Å². The van der Waals surface area contributed by atoms with Gasteiger partial charge in [0, 0.05) is 118 Å². The Labute approximate surface area is 485 Å². The number of amides is 3. The van der Waals surface area contributed by atoms with Crippen LogP contribution in [0.4, 0.5) is 29.3 Å². The van der Waals surface area contributed by atoms with Crippen molar-refractivity contribution < 1.29 is 49.1 Å². The fourth-order valence-corrected chi connectivity index (χ4v) is 13.4. The van der Waals surface area contributed by atoms with Gasteiger partial charge >= 0.3 is 11.6 Å². The zero-order valence-electron chi connectivity index (χ0n) is 47.2. The zero-order valence-corrected chi connectivity index (χ0v) is 50.4. The molecule has 2 aliphatic heterocycles. The standard InChI is InChI=1S/C59H77ClF3N7O8S3/c1-57(2,3)78-56(73)66(6)29-12-8-11-15-54(71)70-37-31-67(32-38-70)30-27-47(42-79-49-13-9-7-10-14-49)64-52-25-24-50(39-53(52)80(74,75)59(61,62)63)81(76,77)65-55(72)44-18-22-48(23-19-44)69-35-33-68(34-36-69)41-45-40-58(4,5)28-26-51(45)43-16-20-46(60)21-17-43/h7,9-10,13-14,16-25,39,47,64H,8,11-12,15,26-38,40-42H2,1-6H3,(H,65,72)/t47-/m1/s1. The molecular weight excluding hydrogens is 1120 g/mol. The maximum Gasteiger partial charge on any atom is 0.501 e. The number of nitrogens with one attached hydrogen (secondary N) is 2. The number of unbranched alkanes of at least 4 members (excludes halogenated alkanes) is 2. The lowest BCUT2D eigenvalue weighted by Crippen LogP contribution is -2.49. The van der Waals surface area contributed by atoms with E-state index in [2.05, 4.69) is 46.0 Å². The molecule has 15 nitrogen and oxygen atoms in total. The van der Waals surface area contributed by atoms with Crippen LogP contribution in [0.3, 0.4) is 0 Å². The molecule has 2 fully saturated rings. The molecule has 4 aromatic carbocycles. The molecule has 3 aliphatic rings. The molecule has 0 bridgehead atoms. The highest BCUT2D eigenvalue weighted by Crippen LogP contribution is 2.43. The first-order valence-corrected chi connectivity index (χ1v) is 31.9. The number of sulfone groups is 1. The lowest BCUT2D eigenvalue weighted by Gasteiger charge is -2.39. The molecule has 1 aliphatic carbocycles. The van der Waals surface area contributed by atoms with Crippen LogP contribution in [0, 0.1) is 5.41 Å². The average molecular weight is 1200 g/mol. The van der Waals surface area contributed by atoms with Gasteiger partial charge in [-0.2, -0.15) is 13.2 Å². The van der Waals surface area contributed by atoms with Crippen molar-refractivity contribution in [3.63, 3.8) is 0 Å². The molecule has 0 unspecified atom stereocenters. The summed E-state index contributed by atoms with van der Waals surface area (Å²) in [6.45, 7) is 17.0. The summed E-state index contributed by atoms with van der Waals surface area (Å²) in [5, 5.41) is 3.72. The van der Waals surface area contributed by atoms with Gasteiger partial charge in [-0.05, 0) is 143 Å². The molecule has 2 heterocycles. The summed E-state index contributed by atoms with van der Waals surface area (Å²) in [6.07, 6.45) is 5.60. The average Bonchev–Trinajstić information content (AvgIpc) is 3.56. The van der Waals surface area contributed by atoms with Gasteiger partial charge in [0.2, 0.25) is 5.91 Å². The number of halogens is 4. The minimum Gasteiger partial charge on any atom is -0.444 e. The van der Waals surface area contributed by atoms with E-state index < -0.39 is 64.5 Å². The molecule has 4 aromatic rings. The van der Waals surface area contributed by atoms with Crippen LogP contribution >= 0.6 is 23.4 Å². The van der Waals surface area contributed by atoms with Crippen LogP contribution in [0.25, 0.3) is 5.57 Å². The van der Waals surface area contributed by atoms with Crippen molar-refractivity contribution in [3.8, 4) is 0 Å². The Morgan fingerprint density at radius 3 is 2.11 bits per heavy atom. The largest absolute Gasteiger partial charge is 0.501 e. The Kier molecular flexibility index (Phi) is 21.4. The SMILES string of the molecule is CN(CCCCCC(=O)N1CCN(CC[C@H](CSc2ccccc2)Nc2ccc(S(=O)(=O)NC(=O)c3ccc(N4CCN(CC5=C(c6ccc(Cl)cc6)CCC(C)(C)C5)CC4)cc3)cc2S(=O)(=O)C(F)(F)F)CC1)C(=O)OC(C)(C)C. The van der Waals surface area contributed by atoms with Crippen molar-refractivity contribution in [2.24, 2.45) is 5.41 Å². The molecule has 2 N–H and O–H groups in total. The maximum atomic E-state index is 14.4. The summed E-state index contributed by atoms with van der Waals surface area (Å²) in [6, 6.07) is 25.5. The van der Waals surface area contributed by atoms with Crippen LogP contribution in [0.5, 0.6) is 0 Å². The first-order valence-electron chi connectivity index (χ1n) is 27.6. The molecule has 3 amide bonds. The normalized spacial score (nSPS) is 17.2. The second-order valence-electron chi connectivity index (χ2n) is 23.0. The van der Waals surface area contributed by atoms with Crippen molar-refractivity contribution in [2.75, 3.05) is 95.0 Å². The molecule has 442 valence electrons. The predicted molar refractivity (Wildman–Crippen MR) is 315 cm³/mol. The molecule has 1 atom stereocenters. The highest BCUT2D eigenvalue weighted by Gasteiger charge is 2.48. The number of carbonyl (C=O) groups excluding carboxylic acids is 3. The number of carbonyl (C=O) groups is 3. The van der Waals surface area contributed by atoms with Crippen LogP contribution in [-0.2, 0) is 29.4 Å². The number of hydrogen-bond donors (Lipinski definition) is 2. The third-order valence-electron chi connectivity index (χ3n) is 14.9. The van der Waals surface area contributed by atoms with E-state index in [9.17, 15) is 44.4 Å². The Hall–Kier alpha value is -5.32. The minimum absolute atomic E-state index is 0.0238. The summed E-state index contributed by atoms with van der Waals surface area (Å²) in [5.41, 5.74) is -1.79. The lowest BCUT2D eigenvalue weighted by atomic mass is 9.73. The summed E-state index contributed by atoms with van der Waals surface area (Å²) in [7, 11) is -9.35. The van der Waals surface area contributed by atoms with Crippen LogP contribution in [0.2, 0.25) is 5.02 Å². The first-order chi connectivity index (χ1) is 38.2. The number of sulfonamides is 1. The Balaban J connectivity index is 0.957. The van der Waals surface area contributed by atoms with Crippen molar-refractivity contribution in [1.82, 2.24) is 24.3 Å². The van der Waals surface area contributed by atoms with Crippen LogP contribution in [-0.4, -0.2) is 156 Å². The number of rotatable bonds is 22. The van der Waals surface area contributed by atoms with Crippen LogP contribution in [0.1, 0.15) is 102 Å². The monoisotopic (exact) mass is 1200 g/mol. The number of hydrogen-bond acceptors (Lipinski definition) is 13. The summed E-state index contributed by atoms with van der Waals surface area (Å²) in [5.74, 6) is -0.713. The highest BCUT2D eigenvalue weighted by molar-refractivity contribution is 7.99. The first kappa shape index (κ1) is 63.3. The molecule has 22 heteroatoms. The number of alkyl halides is 3. The fraction of sp³-hybridized carbons (Fsp3) is 0.508. The van der Waals surface area contributed by atoms with E-state index in [0.29, 0.717) is 75.4 Å². The second-order valence-corrected chi connectivity index (χ2v) is 28.1. The number of benzene rings is 4. The molecule has 2 saturated heterocycles. The zero-order chi connectivity index (χ0) is 58.8. The van der Waals surface area contributed by atoms with E-state index in [1.54, 1.807) is 19.2 Å². The molecule has 0 aromatic heterocycles. The van der Waals surface area contributed by atoms with Gasteiger partial charge in [0.1, 0.15) is 10.5 Å². The van der Waals surface area contributed by atoms with E-state index in [1.165, 1.54) is 45.5 Å². The Morgan fingerprint density at radius 2 is 1.47 bits per heavy atom. The minimum atomic E-state index is -6.13. The van der Waals surface area contributed by atoms with E-state index >= 15 is 0 Å². The van der Waals surface area contributed by atoms with Crippen LogP contribution < -0.4 is 14.9 Å². The number of allylic oxidation sites excluding steroid dienone is 1. The van der Waals surface area contributed by atoms with Gasteiger partial charge in [0.05, 0.1) is 10.6 Å². The number of ether oxygens (including phenoxy) is 1. The van der Waals surface area contributed by atoms with E-state index in [4.69, 9.17) is 16.3 Å². The van der Waals surface area contributed by atoms with Gasteiger partial charge in [-0.25, -0.2) is 26.4 Å². The van der Waals surface area contributed by atoms with Crippen LogP contribution in [0.15, 0.2) is 117 Å². The summed E-state index contributed by atoms with van der Waals surface area (Å²) in [4.78, 5) is 47.7. The molecule has 81 heavy (non-hydrogen) atoms. The number of thioether (sulfide) groups is 1. The van der Waals surface area contributed by atoms with Crippen molar-refractivity contribution in [1.29, 1.82) is 0 Å². The van der Waals surface area contributed by atoms with Gasteiger partial charge in [-0.15, -0.1) is 11.8 Å². The van der Waals surface area contributed by atoms with Gasteiger partial charge in [0.15, 0.2) is 0 Å². The summed E-state index contributed by atoms with van der Waals surface area (Å²) >= 11 is 7.62. The van der Waals surface area contributed by atoms with Crippen molar-refractivity contribution in [3.05, 3.63) is 119 Å². The van der Waals surface area contributed by atoms with E-state index in [-0.39, 0.29) is 16.9 Å². The van der Waals surface area contributed by atoms with Gasteiger partial charge < -0.3 is 24.8 Å². The third kappa shape index (κ3) is 18.1. The van der Waals surface area contributed by atoms with Gasteiger partial charge in [-0.1, -0.05) is 67.8 Å². The third-order valence-corrected chi connectivity index (χ3v) is 19.2. The molecule has 0 saturated carbocycles. The van der Waals surface area contributed by atoms with E-state index in [0.717, 1.165) is 87.5 Å². The summed E-state index contributed by atoms with van der Waals surface area (Å²) < 4.78 is 105. The quantitative estimate of drug-likeness (QED) is 0.0564. The maximum absolute atomic E-state index is 14.4. The van der Waals surface area contributed by atoms with Gasteiger partial charge in [0.25, 0.3) is 25.8 Å². The van der Waals surface area contributed by atoms with Crippen molar-refractivity contribution in [2.45, 2.75) is 118 Å². The predicted octanol–water partition coefficient (Wildman–Crippen LogP) is 11.1. The Morgan fingerprint density at radius 1 is 0.815 bits per heavy atom. The highest BCUT2D eigenvalue weighted by atomic mass is 35.5. The van der Waals surface area contributed by atoms with Crippen molar-refractivity contribution >= 4 is 78.1 Å². The molecular formula is C59H77ClF3N7O8S3. The molecule has 0 spiro atoms. The molecule has 0 radical (unpaired) electrons. The topological polar surface area (TPSA) is 169 Å². The smallest absolute Gasteiger partial charge is 0.444 e. The Bertz CT molecular complexity index is 3060. The number of anilines is 2. The second kappa shape index (κ2) is 27.4. The number of piperazine rings is 2. The molecule has 7 rings (SSSR count).